The largest absolute Gasteiger partial charge is 0.332 e. The van der Waals surface area contributed by atoms with Crippen molar-refractivity contribution in [3.63, 3.8) is 0 Å². The van der Waals surface area contributed by atoms with Gasteiger partial charge in [0.1, 0.15) is 5.82 Å². The molecule has 1 aliphatic heterocycles. The van der Waals surface area contributed by atoms with Gasteiger partial charge >= 0.3 is 0 Å². The summed E-state index contributed by atoms with van der Waals surface area (Å²) in [7, 11) is 0. The van der Waals surface area contributed by atoms with Crippen molar-refractivity contribution in [1.82, 2.24) is 9.55 Å². The lowest BCUT2D eigenvalue weighted by Gasteiger charge is -2.29. The van der Waals surface area contributed by atoms with Crippen molar-refractivity contribution in [2.45, 2.75) is 44.7 Å². The molecule has 0 aromatic carbocycles. The van der Waals surface area contributed by atoms with Gasteiger partial charge in [0.25, 0.3) is 0 Å². The lowest BCUT2D eigenvalue weighted by Crippen LogP contribution is -2.38. The standard InChI is InChI=1S/C11H17N3/c1-8-6-13-10-3-2-9(7-14(8)10)11(12)4-5-11/h6,9H,2-5,7,12H2,1H3. The van der Waals surface area contributed by atoms with Crippen molar-refractivity contribution in [3.05, 3.63) is 17.7 Å². The minimum Gasteiger partial charge on any atom is -0.332 e. The average molecular weight is 191 g/mol. The van der Waals surface area contributed by atoms with E-state index in [2.05, 4.69) is 16.5 Å². The first kappa shape index (κ1) is 8.48. The van der Waals surface area contributed by atoms with Crippen LogP contribution in [-0.2, 0) is 13.0 Å². The molecule has 2 heterocycles. The monoisotopic (exact) mass is 191 g/mol. The van der Waals surface area contributed by atoms with E-state index in [0.717, 1.165) is 13.0 Å². The normalized spacial score (nSPS) is 28.6. The minimum absolute atomic E-state index is 0.175. The van der Waals surface area contributed by atoms with E-state index in [-0.39, 0.29) is 5.54 Å². The Morgan fingerprint density at radius 2 is 2.36 bits per heavy atom. The number of rotatable bonds is 1. The smallest absolute Gasteiger partial charge is 0.108 e. The van der Waals surface area contributed by atoms with Gasteiger partial charge in [0.15, 0.2) is 0 Å². The minimum atomic E-state index is 0.175. The van der Waals surface area contributed by atoms with Crippen molar-refractivity contribution in [3.8, 4) is 0 Å². The van der Waals surface area contributed by atoms with E-state index in [9.17, 15) is 0 Å². The molecule has 1 aromatic heterocycles. The number of nitrogens with zero attached hydrogens (tertiary/aromatic N) is 2. The first-order chi connectivity index (χ1) is 6.69. The zero-order valence-electron chi connectivity index (χ0n) is 8.66. The number of aryl methyl sites for hydroxylation is 2. The van der Waals surface area contributed by atoms with Gasteiger partial charge in [-0.25, -0.2) is 4.98 Å². The molecule has 76 valence electrons. The quantitative estimate of drug-likeness (QED) is 0.726. The molecular weight excluding hydrogens is 174 g/mol. The molecule has 1 fully saturated rings. The molecular formula is C11H17N3. The van der Waals surface area contributed by atoms with Crippen molar-refractivity contribution in [2.75, 3.05) is 0 Å². The maximum absolute atomic E-state index is 6.26. The van der Waals surface area contributed by atoms with Crippen LogP contribution >= 0.6 is 0 Å². The number of fused-ring (bicyclic) bond motifs is 1. The molecule has 1 saturated carbocycles. The summed E-state index contributed by atoms with van der Waals surface area (Å²) < 4.78 is 2.35. The van der Waals surface area contributed by atoms with E-state index in [0.29, 0.717) is 5.92 Å². The van der Waals surface area contributed by atoms with Crippen LogP contribution in [-0.4, -0.2) is 15.1 Å². The second-order valence-electron chi connectivity index (χ2n) is 4.90. The highest BCUT2D eigenvalue weighted by atomic mass is 15.1. The first-order valence-corrected chi connectivity index (χ1v) is 5.49. The average Bonchev–Trinajstić information content (AvgIpc) is 2.84. The zero-order valence-corrected chi connectivity index (χ0v) is 8.66. The van der Waals surface area contributed by atoms with E-state index in [4.69, 9.17) is 5.73 Å². The van der Waals surface area contributed by atoms with Gasteiger partial charge in [-0.1, -0.05) is 0 Å². The Morgan fingerprint density at radius 3 is 3.07 bits per heavy atom. The van der Waals surface area contributed by atoms with Crippen LogP contribution in [0.2, 0.25) is 0 Å². The van der Waals surface area contributed by atoms with Crippen LogP contribution in [0.25, 0.3) is 0 Å². The Kier molecular flexibility index (Phi) is 1.57. The van der Waals surface area contributed by atoms with Crippen LogP contribution in [0.5, 0.6) is 0 Å². The molecule has 0 amide bonds. The third kappa shape index (κ3) is 1.12. The summed E-state index contributed by atoms with van der Waals surface area (Å²) in [6.45, 7) is 3.23. The second-order valence-corrected chi connectivity index (χ2v) is 4.90. The molecule has 2 N–H and O–H groups in total. The number of nitrogens with two attached hydrogens (primary N) is 1. The maximum Gasteiger partial charge on any atom is 0.108 e. The summed E-state index contributed by atoms with van der Waals surface area (Å²) >= 11 is 0. The van der Waals surface area contributed by atoms with Crippen LogP contribution in [0.1, 0.15) is 30.8 Å². The maximum atomic E-state index is 6.26. The first-order valence-electron chi connectivity index (χ1n) is 5.49. The number of hydrogen-bond acceptors (Lipinski definition) is 2. The molecule has 3 rings (SSSR count). The topological polar surface area (TPSA) is 43.8 Å². The number of aromatic nitrogens is 2. The molecule has 0 bridgehead atoms. The molecule has 1 aromatic rings. The van der Waals surface area contributed by atoms with Gasteiger partial charge in [0.05, 0.1) is 0 Å². The summed E-state index contributed by atoms with van der Waals surface area (Å²) in [5.74, 6) is 1.94. The highest BCUT2D eigenvalue weighted by Gasteiger charge is 2.46. The van der Waals surface area contributed by atoms with E-state index < -0.39 is 0 Å². The highest BCUT2D eigenvalue weighted by molar-refractivity contribution is 5.11. The van der Waals surface area contributed by atoms with E-state index in [1.54, 1.807) is 0 Å². The molecule has 2 aliphatic rings. The molecule has 0 radical (unpaired) electrons. The van der Waals surface area contributed by atoms with Crippen molar-refractivity contribution >= 4 is 0 Å². The molecule has 14 heavy (non-hydrogen) atoms. The molecule has 3 heteroatoms. The summed E-state index contributed by atoms with van der Waals surface area (Å²) in [4.78, 5) is 4.42. The van der Waals surface area contributed by atoms with Gasteiger partial charge in [0.2, 0.25) is 0 Å². The Balaban J connectivity index is 1.88. The molecule has 0 spiro atoms. The van der Waals surface area contributed by atoms with Gasteiger partial charge in [-0.2, -0.15) is 0 Å². The third-order valence-electron chi connectivity index (χ3n) is 3.90. The Hall–Kier alpha value is -0.830. The summed E-state index contributed by atoms with van der Waals surface area (Å²) in [6, 6.07) is 0. The van der Waals surface area contributed by atoms with Crippen LogP contribution in [0.4, 0.5) is 0 Å². The van der Waals surface area contributed by atoms with Gasteiger partial charge < -0.3 is 10.3 Å². The van der Waals surface area contributed by atoms with Crippen LogP contribution in [0, 0.1) is 12.8 Å². The predicted molar refractivity (Wildman–Crippen MR) is 54.9 cm³/mol. The Morgan fingerprint density at radius 1 is 1.57 bits per heavy atom. The zero-order chi connectivity index (χ0) is 9.76. The predicted octanol–water partition coefficient (Wildman–Crippen LogP) is 1.25. The molecule has 1 unspecified atom stereocenters. The molecule has 3 nitrogen and oxygen atoms in total. The van der Waals surface area contributed by atoms with Crippen molar-refractivity contribution in [2.24, 2.45) is 11.7 Å². The Labute approximate surface area is 84.3 Å². The van der Waals surface area contributed by atoms with Gasteiger partial charge in [-0.15, -0.1) is 0 Å². The third-order valence-corrected chi connectivity index (χ3v) is 3.90. The number of imidazole rings is 1. The fraction of sp³-hybridized carbons (Fsp3) is 0.727. The highest BCUT2D eigenvalue weighted by Crippen LogP contribution is 2.43. The van der Waals surface area contributed by atoms with Crippen molar-refractivity contribution < 1.29 is 0 Å². The lowest BCUT2D eigenvalue weighted by molar-refractivity contribution is 0.292. The Bertz CT molecular complexity index is 363. The second kappa shape index (κ2) is 2.60. The van der Waals surface area contributed by atoms with Gasteiger partial charge in [0, 0.05) is 30.4 Å². The van der Waals surface area contributed by atoms with Gasteiger partial charge in [-0.05, 0) is 32.1 Å². The summed E-state index contributed by atoms with van der Waals surface area (Å²) in [6.07, 6.45) is 6.76. The van der Waals surface area contributed by atoms with Gasteiger partial charge in [-0.3, -0.25) is 0 Å². The summed E-state index contributed by atoms with van der Waals surface area (Å²) in [5, 5.41) is 0. The summed E-state index contributed by atoms with van der Waals surface area (Å²) in [5.41, 5.74) is 7.72. The van der Waals surface area contributed by atoms with Crippen LogP contribution in [0.3, 0.4) is 0 Å². The molecule has 1 atom stereocenters. The van der Waals surface area contributed by atoms with Crippen molar-refractivity contribution in [1.29, 1.82) is 0 Å². The van der Waals surface area contributed by atoms with E-state index >= 15 is 0 Å². The van der Waals surface area contributed by atoms with Crippen LogP contribution < -0.4 is 5.73 Å². The van der Waals surface area contributed by atoms with E-state index in [1.807, 2.05) is 6.20 Å². The van der Waals surface area contributed by atoms with E-state index in [1.165, 1.54) is 30.8 Å². The molecule has 0 saturated heterocycles. The van der Waals surface area contributed by atoms with Crippen LogP contribution in [0.15, 0.2) is 6.20 Å². The fourth-order valence-electron chi connectivity index (χ4n) is 2.60. The lowest BCUT2D eigenvalue weighted by atomic mass is 9.90. The fourth-order valence-corrected chi connectivity index (χ4v) is 2.60. The molecule has 1 aliphatic carbocycles. The number of hydrogen-bond donors (Lipinski definition) is 1. The SMILES string of the molecule is Cc1cnc2n1CC(C1(N)CC1)CC2.